The van der Waals surface area contributed by atoms with Crippen molar-refractivity contribution >= 4 is 24.8 Å². The standard InChI is InChI=1S/C7H13NO.Li/c1-5-6(9)8-7(2,3)4;/h5H,1H2,2-4H3,(H,8,9);. The summed E-state index contributed by atoms with van der Waals surface area (Å²) >= 11 is 0. The smallest absolute Gasteiger partial charge is 0.243 e. The zero-order valence-corrected chi connectivity index (χ0v) is 7.19. The van der Waals surface area contributed by atoms with E-state index in [0.717, 1.165) is 0 Å². The molecule has 0 heterocycles. The van der Waals surface area contributed by atoms with Gasteiger partial charge in [-0.1, -0.05) is 6.58 Å². The zero-order chi connectivity index (χ0) is 7.49. The van der Waals surface area contributed by atoms with Crippen LogP contribution in [0.15, 0.2) is 12.7 Å². The number of carbonyl (C=O) groups is 1. The van der Waals surface area contributed by atoms with Crippen molar-refractivity contribution in [2.75, 3.05) is 0 Å². The van der Waals surface area contributed by atoms with Crippen LogP contribution in [0.2, 0.25) is 0 Å². The van der Waals surface area contributed by atoms with Gasteiger partial charge in [0, 0.05) is 24.4 Å². The van der Waals surface area contributed by atoms with E-state index in [1.54, 1.807) is 0 Å². The third-order valence-electron chi connectivity index (χ3n) is 0.684. The number of hydrogen-bond acceptors (Lipinski definition) is 1. The number of nitrogens with one attached hydrogen (secondary N) is 1. The van der Waals surface area contributed by atoms with Crippen LogP contribution in [-0.4, -0.2) is 30.3 Å². The second-order valence-corrected chi connectivity index (χ2v) is 2.94. The zero-order valence-electron chi connectivity index (χ0n) is 7.19. The normalized spacial score (nSPS) is 9.50. The molecule has 0 fully saturated rings. The quantitative estimate of drug-likeness (QED) is 0.415. The van der Waals surface area contributed by atoms with Gasteiger partial charge in [0.25, 0.3) is 0 Å². The first-order valence-corrected chi connectivity index (χ1v) is 2.90. The molecule has 0 aromatic rings. The van der Waals surface area contributed by atoms with Crippen molar-refractivity contribution in [3.05, 3.63) is 12.7 Å². The molecule has 1 amide bonds. The third kappa shape index (κ3) is 7.81. The predicted molar refractivity (Wildman–Crippen MR) is 43.8 cm³/mol. The van der Waals surface area contributed by atoms with Gasteiger partial charge in [-0.2, -0.15) is 0 Å². The summed E-state index contributed by atoms with van der Waals surface area (Å²) in [6.45, 7) is 9.11. The Kier molecular flexibility index (Phi) is 5.74. The first kappa shape index (κ1) is 12.5. The molecule has 0 spiro atoms. The number of rotatable bonds is 1. The van der Waals surface area contributed by atoms with Gasteiger partial charge in [-0.15, -0.1) is 0 Å². The van der Waals surface area contributed by atoms with Crippen molar-refractivity contribution in [2.24, 2.45) is 0 Å². The van der Waals surface area contributed by atoms with Crippen LogP contribution < -0.4 is 5.32 Å². The summed E-state index contributed by atoms with van der Waals surface area (Å²) in [6.07, 6.45) is 1.27. The van der Waals surface area contributed by atoms with Crippen LogP contribution in [0.4, 0.5) is 0 Å². The molecular formula is C7H13LiNO. The van der Waals surface area contributed by atoms with Gasteiger partial charge in [0.1, 0.15) is 0 Å². The van der Waals surface area contributed by atoms with Gasteiger partial charge in [0.15, 0.2) is 0 Å². The van der Waals surface area contributed by atoms with E-state index in [4.69, 9.17) is 0 Å². The summed E-state index contributed by atoms with van der Waals surface area (Å²) < 4.78 is 0. The molecule has 0 aromatic carbocycles. The monoisotopic (exact) mass is 134 g/mol. The maximum atomic E-state index is 10.6. The summed E-state index contributed by atoms with van der Waals surface area (Å²) in [5.41, 5.74) is -0.148. The molecule has 0 aliphatic heterocycles. The molecule has 0 rings (SSSR count). The second kappa shape index (κ2) is 4.60. The Bertz CT molecular complexity index is 126. The van der Waals surface area contributed by atoms with Gasteiger partial charge >= 0.3 is 0 Å². The number of amides is 1. The summed E-state index contributed by atoms with van der Waals surface area (Å²) in [6, 6.07) is 0. The van der Waals surface area contributed by atoms with Crippen molar-refractivity contribution in [2.45, 2.75) is 26.3 Å². The summed E-state index contributed by atoms with van der Waals surface area (Å²) in [4.78, 5) is 10.6. The molecule has 1 N–H and O–H groups in total. The third-order valence-corrected chi connectivity index (χ3v) is 0.684. The molecule has 0 atom stereocenters. The molecule has 0 saturated heterocycles. The second-order valence-electron chi connectivity index (χ2n) is 2.94. The minimum atomic E-state index is -0.148. The van der Waals surface area contributed by atoms with Crippen molar-refractivity contribution in [3.8, 4) is 0 Å². The fourth-order valence-corrected chi connectivity index (χ4v) is 0.421. The van der Waals surface area contributed by atoms with Crippen LogP contribution in [0.3, 0.4) is 0 Å². The average molecular weight is 134 g/mol. The van der Waals surface area contributed by atoms with Crippen molar-refractivity contribution < 1.29 is 4.79 Å². The van der Waals surface area contributed by atoms with Gasteiger partial charge < -0.3 is 5.32 Å². The van der Waals surface area contributed by atoms with E-state index in [0.29, 0.717) is 0 Å². The van der Waals surface area contributed by atoms with E-state index in [9.17, 15) is 4.79 Å². The molecule has 10 heavy (non-hydrogen) atoms. The van der Waals surface area contributed by atoms with Crippen LogP contribution in [0.5, 0.6) is 0 Å². The van der Waals surface area contributed by atoms with Crippen LogP contribution in [-0.2, 0) is 4.79 Å². The van der Waals surface area contributed by atoms with Crippen molar-refractivity contribution in [3.63, 3.8) is 0 Å². The first-order chi connectivity index (χ1) is 3.95. The minimum Gasteiger partial charge on any atom is -0.348 e. The number of carbonyl (C=O) groups excluding carboxylic acids is 1. The Morgan fingerprint density at radius 3 is 2.00 bits per heavy atom. The van der Waals surface area contributed by atoms with Crippen molar-refractivity contribution in [1.82, 2.24) is 5.32 Å². The minimum absolute atomic E-state index is 0. The Morgan fingerprint density at radius 2 is 1.90 bits per heavy atom. The molecule has 0 unspecified atom stereocenters. The summed E-state index contributed by atoms with van der Waals surface area (Å²) in [5.74, 6) is -0.123. The van der Waals surface area contributed by atoms with Gasteiger partial charge in [-0.25, -0.2) is 0 Å². The van der Waals surface area contributed by atoms with E-state index in [-0.39, 0.29) is 30.3 Å². The van der Waals surface area contributed by atoms with Crippen LogP contribution >= 0.6 is 0 Å². The maximum absolute atomic E-state index is 10.6. The fourth-order valence-electron chi connectivity index (χ4n) is 0.421. The van der Waals surface area contributed by atoms with Gasteiger partial charge in [0.05, 0.1) is 0 Å². The molecule has 0 bridgehead atoms. The van der Waals surface area contributed by atoms with Crippen molar-refractivity contribution in [1.29, 1.82) is 0 Å². The van der Waals surface area contributed by atoms with Gasteiger partial charge in [-0.05, 0) is 26.8 Å². The Morgan fingerprint density at radius 1 is 1.50 bits per heavy atom. The summed E-state index contributed by atoms with van der Waals surface area (Å²) in [5, 5.41) is 2.71. The Labute approximate surface area is 74.2 Å². The first-order valence-electron chi connectivity index (χ1n) is 2.90. The van der Waals surface area contributed by atoms with Gasteiger partial charge in [-0.3, -0.25) is 4.79 Å². The van der Waals surface area contributed by atoms with E-state index in [1.165, 1.54) is 6.08 Å². The molecule has 2 nitrogen and oxygen atoms in total. The molecule has 3 heteroatoms. The molecule has 1 radical (unpaired) electrons. The van der Waals surface area contributed by atoms with Crippen LogP contribution in [0, 0.1) is 0 Å². The maximum Gasteiger partial charge on any atom is 0.243 e. The molecule has 0 aliphatic carbocycles. The average Bonchev–Trinajstić information content (AvgIpc) is 1.62. The summed E-state index contributed by atoms with van der Waals surface area (Å²) in [7, 11) is 0. The van der Waals surface area contributed by atoms with E-state index in [1.807, 2.05) is 20.8 Å². The molecule has 0 saturated carbocycles. The fraction of sp³-hybridized carbons (Fsp3) is 0.571. The van der Waals surface area contributed by atoms with Crippen LogP contribution in [0.1, 0.15) is 20.8 Å². The molecule has 0 aliphatic rings. The SMILES string of the molecule is C=CC(=O)NC(C)(C)C.[Li]. The van der Waals surface area contributed by atoms with E-state index >= 15 is 0 Å². The van der Waals surface area contributed by atoms with Crippen LogP contribution in [0.25, 0.3) is 0 Å². The molecule has 53 valence electrons. The Balaban J connectivity index is 0. The molecule has 0 aromatic heterocycles. The van der Waals surface area contributed by atoms with E-state index in [2.05, 4.69) is 11.9 Å². The van der Waals surface area contributed by atoms with E-state index < -0.39 is 0 Å². The number of hydrogen-bond donors (Lipinski definition) is 1. The largest absolute Gasteiger partial charge is 0.348 e. The molecular weight excluding hydrogens is 121 g/mol. The van der Waals surface area contributed by atoms with Gasteiger partial charge in [0.2, 0.25) is 5.91 Å². The topological polar surface area (TPSA) is 29.1 Å². The predicted octanol–water partition coefficient (Wildman–Crippen LogP) is 0.706. The Hall–Kier alpha value is -0.193.